The summed E-state index contributed by atoms with van der Waals surface area (Å²) in [7, 11) is 0. The summed E-state index contributed by atoms with van der Waals surface area (Å²) in [6, 6.07) is 8.39. The lowest BCUT2D eigenvalue weighted by Crippen LogP contribution is -2.03. The molecule has 112 valence electrons. The molecule has 21 heavy (non-hydrogen) atoms. The highest BCUT2D eigenvalue weighted by Crippen LogP contribution is 2.23. The Balaban J connectivity index is 2.15. The van der Waals surface area contributed by atoms with Gasteiger partial charge in [0.25, 0.3) is 0 Å². The zero-order valence-corrected chi connectivity index (χ0v) is 13.0. The molecule has 0 fully saturated rings. The number of aryl methyl sites for hydroxylation is 1. The molecule has 0 aliphatic rings. The van der Waals surface area contributed by atoms with Gasteiger partial charge in [0, 0.05) is 12.1 Å². The number of rotatable bonds is 8. The van der Waals surface area contributed by atoms with Crippen LogP contribution in [0.4, 0.5) is 0 Å². The number of hydrogen-bond donors (Lipinski definition) is 0. The van der Waals surface area contributed by atoms with Gasteiger partial charge in [0.05, 0.1) is 0 Å². The van der Waals surface area contributed by atoms with E-state index in [-0.39, 0.29) is 0 Å². The van der Waals surface area contributed by atoms with Gasteiger partial charge in [-0.25, -0.2) is 4.68 Å². The van der Waals surface area contributed by atoms with E-state index in [1.54, 1.807) is 0 Å². The van der Waals surface area contributed by atoms with Crippen molar-refractivity contribution in [2.45, 2.75) is 52.0 Å². The number of benzene rings is 1. The highest BCUT2D eigenvalue weighted by molar-refractivity contribution is 5.56. The Kier molecular flexibility index (Phi) is 5.67. The Hall–Kier alpha value is -1.97. The Morgan fingerprint density at radius 2 is 2.14 bits per heavy atom. The van der Waals surface area contributed by atoms with Crippen LogP contribution in [-0.2, 0) is 6.54 Å². The zero-order chi connectivity index (χ0) is 15.1. The fourth-order valence-corrected chi connectivity index (χ4v) is 2.35. The van der Waals surface area contributed by atoms with Crippen LogP contribution in [0.25, 0.3) is 11.4 Å². The van der Waals surface area contributed by atoms with Crippen LogP contribution in [0.1, 0.15) is 51.0 Å². The van der Waals surface area contributed by atoms with Crippen LogP contribution in [0.3, 0.4) is 0 Å². The highest BCUT2D eigenvalue weighted by atomic mass is 15.5. The third-order valence-electron chi connectivity index (χ3n) is 3.78. The molecule has 0 radical (unpaired) electrons. The smallest absolute Gasteiger partial charge is 0.182 e. The van der Waals surface area contributed by atoms with E-state index in [1.807, 2.05) is 10.8 Å². The normalized spacial score (nSPS) is 12.3. The van der Waals surface area contributed by atoms with Crippen LogP contribution in [-0.4, -0.2) is 20.2 Å². The minimum absolute atomic E-state index is 0.332. The van der Waals surface area contributed by atoms with Gasteiger partial charge in [-0.2, -0.15) is 0 Å². The van der Waals surface area contributed by atoms with E-state index < -0.39 is 0 Å². The Labute approximate surface area is 126 Å². The van der Waals surface area contributed by atoms with Gasteiger partial charge in [-0.1, -0.05) is 57.4 Å². The molecule has 1 aromatic carbocycles. The second-order valence-corrected chi connectivity index (χ2v) is 5.44. The van der Waals surface area contributed by atoms with Crippen LogP contribution in [0, 0.1) is 0 Å². The molecule has 0 aliphatic carbocycles. The third kappa shape index (κ3) is 4.00. The SMILES string of the molecule is C=CC(C)c1cccc(-c2nnnn2CCCCCC)c1. The summed E-state index contributed by atoms with van der Waals surface area (Å²) in [6.07, 6.45) is 6.80. The summed E-state index contributed by atoms with van der Waals surface area (Å²) in [6.45, 7) is 9.09. The van der Waals surface area contributed by atoms with Crippen molar-refractivity contribution >= 4 is 0 Å². The van der Waals surface area contributed by atoms with Gasteiger partial charge in [0.1, 0.15) is 0 Å². The fraction of sp³-hybridized carbons (Fsp3) is 0.471. The monoisotopic (exact) mass is 284 g/mol. The summed E-state index contributed by atoms with van der Waals surface area (Å²) in [5.74, 6) is 1.18. The number of unbranched alkanes of at least 4 members (excludes halogenated alkanes) is 3. The van der Waals surface area contributed by atoms with Crippen molar-refractivity contribution in [2.24, 2.45) is 0 Å². The van der Waals surface area contributed by atoms with E-state index in [1.165, 1.54) is 24.8 Å². The predicted octanol–water partition coefficient (Wildman–Crippen LogP) is 4.21. The first-order valence-corrected chi connectivity index (χ1v) is 7.75. The maximum Gasteiger partial charge on any atom is 0.182 e. The minimum atomic E-state index is 0.332. The summed E-state index contributed by atoms with van der Waals surface area (Å²) in [5, 5.41) is 12.1. The van der Waals surface area contributed by atoms with E-state index in [2.05, 4.69) is 60.2 Å². The fourth-order valence-electron chi connectivity index (χ4n) is 2.35. The van der Waals surface area contributed by atoms with Crippen LogP contribution in [0.2, 0.25) is 0 Å². The van der Waals surface area contributed by atoms with Gasteiger partial charge in [-0.3, -0.25) is 0 Å². The molecule has 0 aliphatic heterocycles. The first-order valence-electron chi connectivity index (χ1n) is 7.75. The standard InChI is InChI=1S/C17H24N4/c1-4-6-7-8-12-21-17(18-19-20-21)16-11-9-10-15(13-16)14(3)5-2/h5,9-11,13-14H,2,4,6-8,12H2,1,3H3. The van der Waals surface area contributed by atoms with Gasteiger partial charge in [-0.15, -0.1) is 11.7 Å². The van der Waals surface area contributed by atoms with E-state index in [9.17, 15) is 0 Å². The molecule has 0 spiro atoms. The van der Waals surface area contributed by atoms with Gasteiger partial charge in [0.2, 0.25) is 0 Å². The third-order valence-corrected chi connectivity index (χ3v) is 3.78. The van der Waals surface area contributed by atoms with E-state index in [0.29, 0.717) is 5.92 Å². The lowest BCUT2D eigenvalue weighted by molar-refractivity contribution is 0.531. The number of hydrogen-bond acceptors (Lipinski definition) is 3. The predicted molar refractivity (Wildman–Crippen MR) is 86.0 cm³/mol. The number of tetrazole rings is 1. The Bertz CT molecular complexity index is 574. The molecule has 1 unspecified atom stereocenters. The molecule has 0 saturated heterocycles. The Morgan fingerprint density at radius 3 is 2.90 bits per heavy atom. The van der Waals surface area contributed by atoms with Crippen molar-refractivity contribution in [1.82, 2.24) is 20.2 Å². The van der Waals surface area contributed by atoms with Gasteiger partial charge in [-0.05, 0) is 34.4 Å². The molecule has 0 bridgehead atoms. The van der Waals surface area contributed by atoms with E-state index in [0.717, 1.165) is 24.4 Å². The van der Waals surface area contributed by atoms with E-state index in [4.69, 9.17) is 0 Å². The van der Waals surface area contributed by atoms with Crippen molar-refractivity contribution < 1.29 is 0 Å². The second kappa shape index (κ2) is 7.72. The average Bonchev–Trinajstić information content (AvgIpc) is 2.99. The topological polar surface area (TPSA) is 43.6 Å². The molecule has 1 atom stereocenters. The molecule has 1 aromatic heterocycles. The first kappa shape index (κ1) is 15.4. The zero-order valence-electron chi connectivity index (χ0n) is 13.0. The molecule has 2 rings (SSSR count). The quantitative estimate of drug-likeness (QED) is 0.538. The lowest BCUT2D eigenvalue weighted by atomic mass is 9.99. The number of aromatic nitrogens is 4. The minimum Gasteiger partial charge on any atom is -0.225 e. The summed E-state index contributed by atoms with van der Waals surface area (Å²) < 4.78 is 1.91. The van der Waals surface area contributed by atoms with Crippen molar-refractivity contribution in [2.75, 3.05) is 0 Å². The molecule has 2 aromatic rings. The molecule has 0 saturated carbocycles. The number of nitrogens with zero attached hydrogens (tertiary/aromatic N) is 4. The maximum absolute atomic E-state index is 4.19. The van der Waals surface area contributed by atoms with Gasteiger partial charge >= 0.3 is 0 Å². The lowest BCUT2D eigenvalue weighted by Gasteiger charge is -2.09. The molecule has 0 amide bonds. The van der Waals surface area contributed by atoms with E-state index >= 15 is 0 Å². The van der Waals surface area contributed by atoms with Crippen molar-refractivity contribution in [3.63, 3.8) is 0 Å². The molecular weight excluding hydrogens is 260 g/mol. The van der Waals surface area contributed by atoms with Crippen LogP contribution >= 0.6 is 0 Å². The van der Waals surface area contributed by atoms with Gasteiger partial charge in [0.15, 0.2) is 5.82 Å². The maximum atomic E-state index is 4.19. The average molecular weight is 284 g/mol. The molecule has 0 N–H and O–H groups in total. The van der Waals surface area contributed by atoms with Crippen LogP contribution < -0.4 is 0 Å². The number of allylic oxidation sites excluding steroid dienone is 1. The van der Waals surface area contributed by atoms with Crippen LogP contribution in [0.5, 0.6) is 0 Å². The second-order valence-electron chi connectivity index (χ2n) is 5.44. The van der Waals surface area contributed by atoms with Crippen molar-refractivity contribution in [3.8, 4) is 11.4 Å². The molecular formula is C17H24N4. The summed E-state index contributed by atoms with van der Waals surface area (Å²) >= 11 is 0. The Morgan fingerprint density at radius 1 is 1.29 bits per heavy atom. The van der Waals surface area contributed by atoms with Crippen molar-refractivity contribution in [1.29, 1.82) is 0 Å². The molecule has 1 heterocycles. The highest BCUT2D eigenvalue weighted by Gasteiger charge is 2.10. The summed E-state index contributed by atoms with van der Waals surface area (Å²) in [4.78, 5) is 0. The molecule has 4 nitrogen and oxygen atoms in total. The molecule has 4 heteroatoms. The first-order chi connectivity index (χ1) is 10.3. The van der Waals surface area contributed by atoms with Crippen molar-refractivity contribution in [3.05, 3.63) is 42.5 Å². The summed E-state index contributed by atoms with van der Waals surface area (Å²) in [5.41, 5.74) is 2.31. The largest absolute Gasteiger partial charge is 0.225 e. The van der Waals surface area contributed by atoms with Gasteiger partial charge < -0.3 is 0 Å². The van der Waals surface area contributed by atoms with Crippen LogP contribution in [0.15, 0.2) is 36.9 Å².